The maximum absolute atomic E-state index is 10.6. The van der Waals surface area contributed by atoms with Gasteiger partial charge in [0.2, 0.25) is 5.91 Å². The van der Waals surface area contributed by atoms with Crippen LogP contribution in [-0.2, 0) is 9.59 Å². The van der Waals surface area contributed by atoms with E-state index in [0.717, 1.165) is 0 Å². The summed E-state index contributed by atoms with van der Waals surface area (Å²) >= 11 is 0. The fraction of sp³-hybridized carbons (Fsp3) is 0.182. The number of hydrogen-bond donors (Lipinski definition) is 3. The number of carbonyl (C=O) groups is 3. The summed E-state index contributed by atoms with van der Waals surface area (Å²) in [6.07, 6.45) is -10.2. The van der Waals surface area contributed by atoms with Gasteiger partial charge < -0.3 is 15.9 Å². The number of primary amides is 1. The second kappa shape index (κ2) is 9.27. The number of rotatable bonds is 1. The maximum atomic E-state index is 10.6. The Hall–Kier alpha value is -2.79. The first-order valence-electron chi connectivity index (χ1n) is 5.14. The molecule has 0 aromatic heterocycles. The maximum Gasteiger partial charge on any atom is 0.490 e. The molecule has 0 heterocycles. The van der Waals surface area contributed by atoms with Gasteiger partial charge in [0.25, 0.3) is 0 Å². The zero-order valence-corrected chi connectivity index (χ0v) is 10.9. The van der Waals surface area contributed by atoms with E-state index < -0.39 is 24.3 Å². The second-order valence-corrected chi connectivity index (χ2v) is 3.34. The van der Waals surface area contributed by atoms with Crippen molar-refractivity contribution >= 4 is 17.8 Å². The minimum absolute atomic E-state index is 0.379. The molecule has 0 saturated heterocycles. The molecule has 0 fully saturated rings. The van der Waals surface area contributed by atoms with Crippen LogP contribution in [0.2, 0.25) is 0 Å². The molecule has 0 bridgehead atoms. The van der Waals surface area contributed by atoms with Gasteiger partial charge in [0, 0.05) is 5.56 Å². The number of alkyl halides is 6. The van der Waals surface area contributed by atoms with Crippen molar-refractivity contribution in [1.82, 2.24) is 0 Å². The van der Waals surface area contributed by atoms with E-state index in [1.165, 1.54) is 0 Å². The molecule has 12 heteroatoms. The van der Waals surface area contributed by atoms with Crippen molar-refractivity contribution in [1.29, 1.82) is 0 Å². The Morgan fingerprint density at radius 3 is 1.17 bits per heavy atom. The summed E-state index contributed by atoms with van der Waals surface area (Å²) in [7, 11) is 0. The van der Waals surface area contributed by atoms with Crippen LogP contribution in [-0.4, -0.2) is 40.4 Å². The van der Waals surface area contributed by atoms with Gasteiger partial charge in [-0.3, -0.25) is 4.79 Å². The topological polar surface area (TPSA) is 118 Å². The smallest absolute Gasteiger partial charge is 0.475 e. The Kier molecular flexibility index (Phi) is 9.07. The normalized spacial score (nSPS) is 10.3. The van der Waals surface area contributed by atoms with Crippen LogP contribution in [0.4, 0.5) is 26.3 Å². The summed E-state index contributed by atoms with van der Waals surface area (Å²) in [5.41, 5.74) is 5.53. The summed E-state index contributed by atoms with van der Waals surface area (Å²) < 4.78 is 63.5. The van der Waals surface area contributed by atoms with Gasteiger partial charge in [0.15, 0.2) is 0 Å². The molecule has 0 aliphatic heterocycles. The second-order valence-electron chi connectivity index (χ2n) is 3.34. The molecule has 0 aliphatic carbocycles. The zero-order chi connectivity index (χ0) is 18.8. The lowest BCUT2D eigenvalue weighted by atomic mass is 10.2. The van der Waals surface area contributed by atoms with Gasteiger partial charge in [-0.2, -0.15) is 26.3 Å². The van der Waals surface area contributed by atoms with Crippen LogP contribution in [0.3, 0.4) is 0 Å². The predicted molar refractivity (Wildman–Crippen MR) is 62.3 cm³/mol. The van der Waals surface area contributed by atoms with Crippen molar-refractivity contribution in [3.8, 4) is 0 Å². The highest BCUT2D eigenvalue weighted by Gasteiger charge is 2.38. The molecule has 0 spiro atoms. The first kappa shape index (κ1) is 22.5. The monoisotopic (exact) mass is 349 g/mol. The number of carboxylic acids is 2. The van der Waals surface area contributed by atoms with E-state index >= 15 is 0 Å². The van der Waals surface area contributed by atoms with Crippen molar-refractivity contribution in [3.05, 3.63) is 35.9 Å². The van der Waals surface area contributed by atoms with Gasteiger partial charge in [-0.1, -0.05) is 18.2 Å². The quantitative estimate of drug-likeness (QED) is 0.671. The third-order valence-corrected chi connectivity index (χ3v) is 1.54. The molecule has 4 N–H and O–H groups in total. The molecule has 0 radical (unpaired) electrons. The van der Waals surface area contributed by atoms with Crippen LogP contribution in [0, 0.1) is 0 Å². The Bertz CT molecular complexity index is 502. The predicted octanol–water partition coefficient (Wildman–Crippen LogP) is 2.05. The van der Waals surface area contributed by atoms with Gasteiger partial charge in [-0.05, 0) is 12.1 Å². The van der Waals surface area contributed by atoms with E-state index in [4.69, 9.17) is 25.5 Å². The standard InChI is InChI=1S/C7H7NO.2C2HF3O2/c8-7(9)6-4-2-1-3-5-6;2*3-2(4,5)1(6)7/h1-5H,(H2,8,9);2*(H,6,7). The molecule has 0 saturated carbocycles. The van der Waals surface area contributed by atoms with Crippen LogP contribution in [0.25, 0.3) is 0 Å². The highest BCUT2D eigenvalue weighted by molar-refractivity contribution is 5.92. The molecule has 23 heavy (non-hydrogen) atoms. The lowest BCUT2D eigenvalue weighted by Gasteiger charge is -1.93. The molecule has 1 aromatic carbocycles. The molecule has 130 valence electrons. The van der Waals surface area contributed by atoms with Gasteiger partial charge in [0.1, 0.15) is 0 Å². The third kappa shape index (κ3) is 12.6. The van der Waals surface area contributed by atoms with Gasteiger partial charge in [-0.25, -0.2) is 9.59 Å². The lowest BCUT2D eigenvalue weighted by Crippen LogP contribution is -2.21. The number of hydrogen-bond acceptors (Lipinski definition) is 3. The summed E-state index contributed by atoms with van der Waals surface area (Å²) in [6, 6.07) is 8.76. The first-order valence-corrected chi connectivity index (χ1v) is 5.14. The highest BCUT2D eigenvalue weighted by atomic mass is 19.4. The van der Waals surface area contributed by atoms with Crippen LogP contribution < -0.4 is 5.73 Å². The number of halogens is 6. The molecule has 1 amide bonds. The fourth-order valence-corrected chi connectivity index (χ4v) is 0.602. The van der Waals surface area contributed by atoms with E-state index in [0.29, 0.717) is 5.56 Å². The molecule has 1 aromatic rings. The van der Waals surface area contributed by atoms with Gasteiger partial charge in [0.05, 0.1) is 0 Å². The molecule has 0 aliphatic rings. The number of carbonyl (C=O) groups excluding carboxylic acids is 1. The Balaban J connectivity index is 0. The van der Waals surface area contributed by atoms with Crippen LogP contribution >= 0.6 is 0 Å². The van der Waals surface area contributed by atoms with Crippen molar-refractivity contribution in [2.24, 2.45) is 5.73 Å². The van der Waals surface area contributed by atoms with E-state index in [-0.39, 0.29) is 5.91 Å². The van der Waals surface area contributed by atoms with E-state index in [1.807, 2.05) is 6.07 Å². The zero-order valence-electron chi connectivity index (χ0n) is 10.9. The van der Waals surface area contributed by atoms with Gasteiger partial charge >= 0.3 is 24.3 Å². The molecule has 0 unspecified atom stereocenters. The highest BCUT2D eigenvalue weighted by Crippen LogP contribution is 2.13. The number of aliphatic carboxylic acids is 2. The van der Waals surface area contributed by atoms with Crippen LogP contribution in [0.15, 0.2) is 30.3 Å². The average molecular weight is 349 g/mol. The van der Waals surface area contributed by atoms with Crippen molar-refractivity contribution < 1.29 is 50.9 Å². The molecule has 6 nitrogen and oxygen atoms in total. The lowest BCUT2D eigenvalue weighted by molar-refractivity contribution is -0.193. The average Bonchev–Trinajstić information content (AvgIpc) is 2.38. The van der Waals surface area contributed by atoms with Crippen LogP contribution in [0.1, 0.15) is 10.4 Å². The summed E-state index contributed by atoms with van der Waals surface area (Å²) in [6.45, 7) is 0. The molecule has 0 atom stereocenters. The van der Waals surface area contributed by atoms with Crippen molar-refractivity contribution in [2.45, 2.75) is 12.4 Å². The SMILES string of the molecule is NC(=O)c1ccccc1.O=C(O)C(F)(F)F.O=C(O)C(F)(F)F. The van der Waals surface area contributed by atoms with Crippen molar-refractivity contribution in [2.75, 3.05) is 0 Å². The largest absolute Gasteiger partial charge is 0.490 e. The molecular formula is C11H9F6NO5. The van der Waals surface area contributed by atoms with Crippen LogP contribution in [0.5, 0.6) is 0 Å². The number of amides is 1. The van der Waals surface area contributed by atoms with E-state index in [1.54, 1.807) is 24.3 Å². The number of benzene rings is 1. The minimum atomic E-state index is -5.08. The van der Waals surface area contributed by atoms with E-state index in [9.17, 15) is 31.1 Å². The molecular weight excluding hydrogens is 340 g/mol. The number of carboxylic acid groups (broad SMARTS) is 2. The minimum Gasteiger partial charge on any atom is -0.475 e. The summed E-state index contributed by atoms with van der Waals surface area (Å²) in [4.78, 5) is 28.2. The Morgan fingerprint density at radius 2 is 1.04 bits per heavy atom. The van der Waals surface area contributed by atoms with Crippen molar-refractivity contribution in [3.63, 3.8) is 0 Å². The Morgan fingerprint density at radius 1 is 0.783 bits per heavy atom. The fourth-order valence-electron chi connectivity index (χ4n) is 0.602. The first-order chi connectivity index (χ1) is 10.2. The molecule has 1 rings (SSSR count). The van der Waals surface area contributed by atoms with Gasteiger partial charge in [-0.15, -0.1) is 0 Å². The third-order valence-electron chi connectivity index (χ3n) is 1.54. The summed E-state index contributed by atoms with van der Waals surface area (Å²) in [5, 5.41) is 14.2. The Labute approximate surface area is 124 Å². The van der Waals surface area contributed by atoms with E-state index in [2.05, 4.69) is 0 Å². The summed E-state index contributed by atoms with van der Waals surface area (Å²) in [5.74, 6) is -5.89. The number of nitrogens with two attached hydrogens (primary N) is 1.